The summed E-state index contributed by atoms with van der Waals surface area (Å²) in [5, 5.41) is 3.86. The molecule has 1 heterocycles. The average Bonchev–Trinajstić information content (AvgIpc) is 2.92. The predicted molar refractivity (Wildman–Crippen MR) is 71.0 cm³/mol. The van der Waals surface area contributed by atoms with Gasteiger partial charge in [0.05, 0.1) is 25.6 Å². The highest BCUT2D eigenvalue weighted by Gasteiger charge is 2.26. The Morgan fingerprint density at radius 2 is 2.00 bits per heavy atom. The summed E-state index contributed by atoms with van der Waals surface area (Å²) in [5.74, 6) is -0.220. The maximum Gasteiger partial charge on any atom is 0.341 e. The SMILES string of the molecule is CCOC(=O)c1cnn(-c2ccc(OC)cc2)c1C(F)F. The van der Waals surface area contributed by atoms with Crippen LogP contribution in [0.5, 0.6) is 5.75 Å². The Bertz CT molecular complexity index is 624. The van der Waals surface area contributed by atoms with Gasteiger partial charge in [-0.1, -0.05) is 0 Å². The van der Waals surface area contributed by atoms with Crippen LogP contribution in [0.4, 0.5) is 8.78 Å². The molecular formula is C14H14F2N2O3. The summed E-state index contributed by atoms with van der Waals surface area (Å²) in [6, 6.07) is 6.39. The van der Waals surface area contributed by atoms with Crippen LogP contribution in [-0.4, -0.2) is 29.5 Å². The zero-order valence-corrected chi connectivity index (χ0v) is 11.5. The summed E-state index contributed by atoms with van der Waals surface area (Å²) >= 11 is 0. The molecule has 0 aliphatic heterocycles. The van der Waals surface area contributed by atoms with E-state index in [1.54, 1.807) is 31.2 Å². The standard InChI is InChI=1S/C14H14F2N2O3/c1-3-21-14(19)11-8-17-18(12(11)13(15)16)9-4-6-10(20-2)7-5-9/h4-8,13H,3H2,1-2H3. The molecule has 0 fully saturated rings. The molecule has 0 saturated heterocycles. The van der Waals surface area contributed by atoms with Crippen LogP contribution < -0.4 is 4.74 Å². The topological polar surface area (TPSA) is 53.3 Å². The number of ether oxygens (including phenoxy) is 2. The lowest BCUT2D eigenvalue weighted by Gasteiger charge is -2.09. The van der Waals surface area contributed by atoms with Crippen LogP contribution in [0.3, 0.4) is 0 Å². The second-order valence-electron chi connectivity index (χ2n) is 4.07. The molecule has 0 aliphatic rings. The van der Waals surface area contributed by atoms with Crippen LogP contribution >= 0.6 is 0 Å². The number of nitrogens with zero attached hydrogens (tertiary/aromatic N) is 2. The fourth-order valence-corrected chi connectivity index (χ4v) is 1.86. The van der Waals surface area contributed by atoms with E-state index in [2.05, 4.69) is 5.10 Å². The Kier molecular flexibility index (Phi) is 4.52. The Hall–Kier alpha value is -2.44. The molecule has 112 valence electrons. The molecule has 0 radical (unpaired) electrons. The van der Waals surface area contributed by atoms with Crippen molar-refractivity contribution in [1.82, 2.24) is 9.78 Å². The van der Waals surface area contributed by atoms with Crippen LogP contribution in [-0.2, 0) is 4.74 Å². The molecule has 1 aromatic carbocycles. The molecule has 7 heteroatoms. The average molecular weight is 296 g/mol. The lowest BCUT2D eigenvalue weighted by atomic mass is 10.2. The first-order chi connectivity index (χ1) is 10.1. The summed E-state index contributed by atoms with van der Waals surface area (Å²) in [7, 11) is 1.51. The molecule has 0 atom stereocenters. The number of aromatic nitrogens is 2. The van der Waals surface area contributed by atoms with E-state index in [1.165, 1.54) is 7.11 Å². The molecule has 0 spiro atoms. The second kappa shape index (κ2) is 6.34. The quantitative estimate of drug-likeness (QED) is 0.796. The Morgan fingerprint density at radius 1 is 1.33 bits per heavy atom. The van der Waals surface area contributed by atoms with Crippen LogP contribution in [0.15, 0.2) is 30.5 Å². The molecule has 0 unspecified atom stereocenters. The molecule has 0 saturated carbocycles. The van der Waals surface area contributed by atoms with E-state index in [9.17, 15) is 13.6 Å². The summed E-state index contributed by atoms with van der Waals surface area (Å²) in [5.41, 5.74) is -0.317. The number of methoxy groups -OCH3 is 1. The third-order valence-corrected chi connectivity index (χ3v) is 2.83. The second-order valence-corrected chi connectivity index (χ2v) is 4.07. The van der Waals surface area contributed by atoms with Crippen molar-refractivity contribution in [1.29, 1.82) is 0 Å². The maximum absolute atomic E-state index is 13.3. The molecule has 2 rings (SSSR count). The van der Waals surface area contributed by atoms with Crippen molar-refractivity contribution in [2.45, 2.75) is 13.3 Å². The first-order valence-corrected chi connectivity index (χ1v) is 6.26. The first-order valence-electron chi connectivity index (χ1n) is 6.26. The minimum absolute atomic E-state index is 0.106. The highest BCUT2D eigenvalue weighted by molar-refractivity contribution is 5.90. The number of carbonyl (C=O) groups excluding carboxylic acids is 1. The normalized spacial score (nSPS) is 10.7. The number of carbonyl (C=O) groups is 1. The lowest BCUT2D eigenvalue weighted by molar-refractivity contribution is 0.0514. The van der Waals surface area contributed by atoms with E-state index in [-0.39, 0.29) is 12.2 Å². The largest absolute Gasteiger partial charge is 0.497 e. The number of rotatable bonds is 5. The van der Waals surface area contributed by atoms with Gasteiger partial charge in [-0.25, -0.2) is 18.3 Å². The number of hydrogen-bond acceptors (Lipinski definition) is 4. The molecule has 0 amide bonds. The van der Waals surface area contributed by atoms with Crippen molar-refractivity contribution >= 4 is 5.97 Å². The fraction of sp³-hybridized carbons (Fsp3) is 0.286. The van der Waals surface area contributed by atoms with Gasteiger partial charge in [0.15, 0.2) is 0 Å². The highest BCUT2D eigenvalue weighted by atomic mass is 19.3. The third kappa shape index (κ3) is 3.01. The van der Waals surface area contributed by atoms with Gasteiger partial charge in [0.1, 0.15) is 17.0 Å². The lowest BCUT2D eigenvalue weighted by Crippen LogP contribution is -2.10. The number of benzene rings is 1. The van der Waals surface area contributed by atoms with Gasteiger partial charge >= 0.3 is 5.97 Å². The van der Waals surface area contributed by atoms with Crippen molar-refractivity contribution in [3.63, 3.8) is 0 Å². The number of alkyl halides is 2. The minimum atomic E-state index is -2.85. The van der Waals surface area contributed by atoms with Gasteiger partial charge in [0.25, 0.3) is 6.43 Å². The Balaban J connectivity index is 2.45. The third-order valence-electron chi connectivity index (χ3n) is 2.83. The van der Waals surface area contributed by atoms with E-state index < -0.39 is 18.1 Å². The molecular weight excluding hydrogens is 282 g/mol. The van der Waals surface area contributed by atoms with Gasteiger partial charge < -0.3 is 9.47 Å². The van der Waals surface area contributed by atoms with E-state index in [1.807, 2.05) is 0 Å². The molecule has 21 heavy (non-hydrogen) atoms. The molecule has 0 bridgehead atoms. The molecule has 0 aliphatic carbocycles. The molecule has 0 N–H and O–H groups in total. The van der Waals surface area contributed by atoms with E-state index in [4.69, 9.17) is 9.47 Å². The van der Waals surface area contributed by atoms with Gasteiger partial charge in [-0.05, 0) is 31.2 Å². The summed E-state index contributed by atoms with van der Waals surface area (Å²) in [4.78, 5) is 11.7. The summed E-state index contributed by atoms with van der Waals surface area (Å²) in [6.45, 7) is 1.71. The molecule has 5 nitrogen and oxygen atoms in total. The van der Waals surface area contributed by atoms with Crippen LogP contribution in [0.1, 0.15) is 29.4 Å². The zero-order valence-electron chi connectivity index (χ0n) is 11.5. The van der Waals surface area contributed by atoms with Gasteiger partial charge in [-0.3, -0.25) is 0 Å². The molecule has 1 aromatic heterocycles. The van der Waals surface area contributed by atoms with Crippen LogP contribution in [0.2, 0.25) is 0 Å². The number of esters is 1. The molecule has 2 aromatic rings. The Labute approximate surface area is 120 Å². The van der Waals surface area contributed by atoms with Crippen molar-refractivity contribution in [2.24, 2.45) is 0 Å². The van der Waals surface area contributed by atoms with Crippen molar-refractivity contribution < 1.29 is 23.0 Å². The van der Waals surface area contributed by atoms with Crippen molar-refractivity contribution in [2.75, 3.05) is 13.7 Å². The number of halogens is 2. The summed E-state index contributed by atoms with van der Waals surface area (Å²) in [6.07, 6.45) is -1.77. The van der Waals surface area contributed by atoms with Crippen molar-refractivity contribution in [3.8, 4) is 11.4 Å². The van der Waals surface area contributed by atoms with Crippen LogP contribution in [0.25, 0.3) is 5.69 Å². The Morgan fingerprint density at radius 3 is 2.52 bits per heavy atom. The number of hydrogen-bond donors (Lipinski definition) is 0. The monoisotopic (exact) mass is 296 g/mol. The predicted octanol–water partition coefficient (Wildman–Crippen LogP) is 3.00. The maximum atomic E-state index is 13.3. The van der Waals surface area contributed by atoms with Gasteiger partial charge in [-0.2, -0.15) is 5.10 Å². The van der Waals surface area contributed by atoms with E-state index >= 15 is 0 Å². The van der Waals surface area contributed by atoms with Gasteiger partial charge in [0, 0.05) is 0 Å². The van der Waals surface area contributed by atoms with E-state index in [0.717, 1.165) is 10.9 Å². The zero-order chi connectivity index (χ0) is 15.4. The first kappa shape index (κ1) is 15.0. The fourth-order valence-electron chi connectivity index (χ4n) is 1.86. The van der Waals surface area contributed by atoms with Gasteiger partial charge in [-0.15, -0.1) is 0 Å². The van der Waals surface area contributed by atoms with Gasteiger partial charge in [0.2, 0.25) is 0 Å². The van der Waals surface area contributed by atoms with Crippen molar-refractivity contribution in [3.05, 3.63) is 41.7 Å². The summed E-state index contributed by atoms with van der Waals surface area (Å²) < 4.78 is 37.3. The van der Waals surface area contributed by atoms with E-state index in [0.29, 0.717) is 11.4 Å². The minimum Gasteiger partial charge on any atom is -0.497 e. The highest BCUT2D eigenvalue weighted by Crippen LogP contribution is 2.27. The smallest absolute Gasteiger partial charge is 0.341 e. The van der Waals surface area contributed by atoms with Crippen LogP contribution in [0, 0.1) is 0 Å².